The minimum Gasteiger partial charge on any atom is -0.391 e. The van der Waals surface area contributed by atoms with Crippen LogP contribution in [-0.4, -0.2) is 73.4 Å². The van der Waals surface area contributed by atoms with E-state index in [0.717, 1.165) is 38.5 Å². The van der Waals surface area contributed by atoms with Crippen LogP contribution in [0.2, 0.25) is 0 Å². The van der Waals surface area contributed by atoms with Crippen LogP contribution < -0.4 is 5.32 Å². The number of quaternary nitrogens is 1. The number of phosphoric acid groups is 1. The van der Waals surface area contributed by atoms with Gasteiger partial charge in [-0.1, -0.05) is 142 Å². The van der Waals surface area contributed by atoms with Gasteiger partial charge in [-0.2, -0.15) is 0 Å². The quantitative estimate of drug-likeness (QED) is 0.0388. The first-order valence-electron chi connectivity index (χ1n) is 17.9. The molecular formula is C34H72N2O6P+. The predicted octanol–water partition coefficient (Wildman–Crippen LogP) is 8.68. The molecule has 1 amide bonds. The fourth-order valence-corrected chi connectivity index (χ4v) is 5.90. The maximum absolute atomic E-state index is 12.7. The maximum Gasteiger partial charge on any atom is 0.472 e. The Kier molecular flexibility index (Phi) is 27.5. The summed E-state index contributed by atoms with van der Waals surface area (Å²) in [7, 11) is 1.62. The van der Waals surface area contributed by atoms with Crippen molar-refractivity contribution in [2.24, 2.45) is 0 Å². The molecule has 3 unspecified atom stereocenters. The second-order valence-corrected chi connectivity index (χ2v) is 15.1. The van der Waals surface area contributed by atoms with Gasteiger partial charge in [0.25, 0.3) is 0 Å². The minimum absolute atomic E-state index is 0.0774. The molecule has 0 heterocycles. The Balaban J connectivity index is 4.38. The first-order valence-corrected chi connectivity index (χ1v) is 19.4. The van der Waals surface area contributed by atoms with Gasteiger partial charge >= 0.3 is 7.82 Å². The van der Waals surface area contributed by atoms with E-state index in [-0.39, 0.29) is 19.1 Å². The molecule has 8 nitrogen and oxygen atoms in total. The zero-order chi connectivity index (χ0) is 32.2. The molecular weight excluding hydrogens is 563 g/mol. The Labute approximate surface area is 266 Å². The van der Waals surface area contributed by atoms with Crippen LogP contribution in [0, 0.1) is 0 Å². The van der Waals surface area contributed by atoms with Crippen molar-refractivity contribution in [2.75, 3.05) is 40.9 Å². The Hall–Kier alpha value is -0.500. The van der Waals surface area contributed by atoms with Crippen molar-refractivity contribution in [3.63, 3.8) is 0 Å². The molecule has 43 heavy (non-hydrogen) atoms. The number of hydrogen-bond donors (Lipinski definition) is 3. The Morgan fingerprint density at radius 3 is 1.56 bits per heavy atom. The summed E-state index contributed by atoms with van der Waals surface area (Å²) in [6.45, 7) is 4.82. The van der Waals surface area contributed by atoms with Crippen LogP contribution in [0.4, 0.5) is 0 Å². The van der Waals surface area contributed by atoms with Gasteiger partial charge in [-0.05, 0) is 12.8 Å². The number of amides is 1. The van der Waals surface area contributed by atoms with Crippen molar-refractivity contribution < 1.29 is 32.9 Å². The number of unbranched alkanes of at least 4 members (excludes halogenated alkanes) is 19. The van der Waals surface area contributed by atoms with Gasteiger partial charge < -0.3 is 19.8 Å². The summed E-state index contributed by atoms with van der Waals surface area (Å²) in [5.41, 5.74) is 0. The van der Waals surface area contributed by atoms with Crippen molar-refractivity contribution in [2.45, 2.75) is 174 Å². The summed E-state index contributed by atoms with van der Waals surface area (Å²) < 4.78 is 23.4. The number of carbonyl (C=O) groups is 1. The molecule has 0 spiro atoms. The lowest BCUT2D eigenvalue weighted by Gasteiger charge is -2.26. The maximum atomic E-state index is 12.7. The van der Waals surface area contributed by atoms with E-state index in [0.29, 0.717) is 23.9 Å². The molecule has 3 atom stereocenters. The highest BCUT2D eigenvalue weighted by molar-refractivity contribution is 7.47. The number of hydrogen-bond acceptors (Lipinski definition) is 5. The third kappa shape index (κ3) is 29.9. The minimum atomic E-state index is -4.29. The van der Waals surface area contributed by atoms with Crippen molar-refractivity contribution in [1.29, 1.82) is 0 Å². The molecule has 0 radical (unpaired) electrons. The molecule has 0 fully saturated rings. The highest BCUT2D eigenvalue weighted by Crippen LogP contribution is 2.43. The van der Waals surface area contributed by atoms with E-state index < -0.39 is 20.0 Å². The molecule has 9 heteroatoms. The van der Waals surface area contributed by atoms with Gasteiger partial charge in [-0.25, -0.2) is 4.57 Å². The van der Waals surface area contributed by atoms with Crippen molar-refractivity contribution in [1.82, 2.24) is 5.32 Å². The summed E-state index contributed by atoms with van der Waals surface area (Å²) in [6, 6.07) is -0.748. The summed E-state index contributed by atoms with van der Waals surface area (Å²) >= 11 is 0. The van der Waals surface area contributed by atoms with Gasteiger partial charge in [0.2, 0.25) is 5.91 Å². The average Bonchev–Trinajstić information content (AvgIpc) is 2.94. The molecule has 0 saturated heterocycles. The lowest BCUT2D eigenvalue weighted by atomic mass is 10.0. The number of carbonyl (C=O) groups excluding carboxylic acids is 1. The standard InChI is InChI=1S/C34H71N2O6P/c1-6-8-10-12-14-15-16-17-18-19-20-22-24-26-28-34(38)35-32(33(37)27-25-23-21-13-11-9-7-2)31-42-43(39,40)41-30-29-36(3,4)5/h32-33,37H,6-31H2,1-5H3,(H-,35,38,39,40)/p+1. The van der Waals surface area contributed by atoms with E-state index in [1.807, 2.05) is 21.1 Å². The second kappa shape index (κ2) is 27.8. The Morgan fingerprint density at radius 1 is 0.698 bits per heavy atom. The van der Waals surface area contributed by atoms with E-state index >= 15 is 0 Å². The lowest BCUT2D eigenvalue weighted by Crippen LogP contribution is -2.46. The van der Waals surface area contributed by atoms with Crippen LogP contribution >= 0.6 is 7.82 Å². The van der Waals surface area contributed by atoms with E-state index in [9.17, 15) is 19.4 Å². The van der Waals surface area contributed by atoms with Crippen molar-refractivity contribution >= 4 is 13.7 Å². The highest BCUT2D eigenvalue weighted by Gasteiger charge is 2.28. The number of likely N-dealkylation sites (N-methyl/N-ethyl adjacent to an activating group) is 1. The Morgan fingerprint density at radius 2 is 1.12 bits per heavy atom. The van der Waals surface area contributed by atoms with Gasteiger partial charge in [0.05, 0.1) is 39.9 Å². The average molecular weight is 636 g/mol. The molecule has 0 bridgehead atoms. The summed E-state index contributed by atoms with van der Waals surface area (Å²) in [4.78, 5) is 22.9. The monoisotopic (exact) mass is 636 g/mol. The van der Waals surface area contributed by atoms with Crippen LogP contribution in [0.5, 0.6) is 0 Å². The fraction of sp³-hybridized carbons (Fsp3) is 0.971. The number of rotatable bonds is 32. The number of aliphatic hydroxyl groups is 1. The van der Waals surface area contributed by atoms with E-state index in [2.05, 4.69) is 19.2 Å². The van der Waals surface area contributed by atoms with Crippen LogP contribution in [-0.2, 0) is 18.4 Å². The fourth-order valence-electron chi connectivity index (χ4n) is 5.16. The SMILES string of the molecule is CCCCCCCCCCCCCCCCC(=O)NC(COP(=O)(O)OCC[N+](C)(C)C)C(O)CCCCCCCCC. The third-order valence-corrected chi connectivity index (χ3v) is 9.09. The molecule has 0 aliphatic heterocycles. The van der Waals surface area contributed by atoms with E-state index in [1.165, 1.54) is 96.3 Å². The first kappa shape index (κ1) is 42.5. The first-order chi connectivity index (χ1) is 20.5. The molecule has 0 aliphatic carbocycles. The molecule has 0 aromatic heterocycles. The van der Waals surface area contributed by atoms with Gasteiger partial charge in [0.1, 0.15) is 13.2 Å². The molecule has 258 valence electrons. The number of nitrogens with zero attached hydrogens (tertiary/aromatic N) is 1. The smallest absolute Gasteiger partial charge is 0.391 e. The largest absolute Gasteiger partial charge is 0.472 e. The van der Waals surface area contributed by atoms with Crippen LogP contribution in [0.15, 0.2) is 0 Å². The van der Waals surface area contributed by atoms with E-state index in [1.54, 1.807) is 0 Å². The van der Waals surface area contributed by atoms with Crippen LogP contribution in [0.1, 0.15) is 162 Å². The topological polar surface area (TPSA) is 105 Å². The molecule has 3 N–H and O–H groups in total. The highest BCUT2D eigenvalue weighted by atomic mass is 31.2. The zero-order valence-electron chi connectivity index (χ0n) is 29.0. The molecule has 0 aromatic rings. The van der Waals surface area contributed by atoms with Crippen LogP contribution in [0.25, 0.3) is 0 Å². The number of nitrogens with one attached hydrogen (secondary N) is 1. The lowest BCUT2D eigenvalue weighted by molar-refractivity contribution is -0.870. The summed E-state index contributed by atoms with van der Waals surface area (Å²) in [6.07, 6.45) is 25.6. The molecule has 0 rings (SSSR count). The van der Waals surface area contributed by atoms with Gasteiger partial charge in [-0.3, -0.25) is 13.8 Å². The van der Waals surface area contributed by atoms with Crippen LogP contribution in [0.3, 0.4) is 0 Å². The normalized spacial score (nSPS) is 14.9. The number of aliphatic hydroxyl groups excluding tert-OH is 1. The van der Waals surface area contributed by atoms with Crippen molar-refractivity contribution in [3.05, 3.63) is 0 Å². The molecule has 0 saturated carbocycles. The van der Waals surface area contributed by atoms with Gasteiger partial charge in [0.15, 0.2) is 0 Å². The molecule has 0 aliphatic rings. The Bertz CT molecular complexity index is 688. The summed E-state index contributed by atoms with van der Waals surface area (Å²) in [5, 5.41) is 13.7. The third-order valence-electron chi connectivity index (χ3n) is 8.11. The number of phosphoric ester groups is 1. The van der Waals surface area contributed by atoms with Crippen molar-refractivity contribution in [3.8, 4) is 0 Å². The van der Waals surface area contributed by atoms with Gasteiger partial charge in [0, 0.05) is 6.42 Å². The molecule has 0 aromatic carbocycles. The van der Waals surface area contributed by atoms with E-state index in [4.69, 9.17) is 9.05 Å². The summed E-state index contributed by atoms with van der Waals surface area (Å²) in [5.74, 6) is -0.148. The zero-order valence-corrected chi connectivity index (χ0v) is 29.9. The van der Waals surface area contributed by atoms with Gasteiger partial charge in [-0.15, -0.1) is 0 Å². The predicted molar refractivity (Wildman–Crippen MR) is 180 cm³/mol. The second-order valence-electron chi connectivity index (χ2n) is 13.6.